The van der Waals surface area contributed by atoms with Crippen LogP contribution < -0.4 is 5.73 Å². The second-order valence-corrected chi connectivity index (χ2v) is 5.28. The van der Waals surface area contributed by atoms with Crippen LogP contribution in [-0.4, -0.2) is 71.9 Å². The topological polar surface area (TPSA) is 230 Å². The molecule has 0 saturated carbocycles. The zero-order chi connectivity index (χ0) is 21.2. The third kappa shape index (κ3) is 9.66. The lowest BCUT2D eigenvalue weighted by Gasteiger charge is -2.18. The van der Waals surface area contributed by atoms with Crippen LogP contribution in [-0.2, 0) is 35.1 Å². The van der Waals surface area contributed by atoms with Crippen molar-refractivity contribution in [3.63, 3.8) is 0 Å². The van der Waals surface area contributed by atoms with Gasteiger partial charge in [0.25, 0.3) is 0 Å². The molecule has 0 amide bonds. The van der Waals surface area contributed by atoms with Gasteiger partial charge in [0.1, 0.15) is 6.04 Å². The van der Waals surface area contributed by atoms with E-state index in [2.05, 4.69) is 14.7 Å². The second kappa shape index (κ2) is 10.6. The monoisotopic (exact) mass is 389 g/mol. The highest BCUT2D eigenvalue weighted by molar-refractivity contribution is 5.88. The molecule has 13 nitrogen and oxygen atoms in total. The average Bonchev–Trinajstić information content (AvgIpc) is 2.98. The van der Waals surface area contributed by atoms with E-state index in [0.29, 0.717) is 0 Å². The van der Waals surface area contributed by atoms with E-state index in [4.69, 9.17) is 26.2 Å². The molecular weight excluding hydrogens is 370 g/mol. The fourth-order valence-electron chi connectivity index (χ4n) is 1.65. The number of hydrogen-bond acceptors (Lipinski definition) is 9. The van der Waals surface area contributed by atoms with Crippen LogP contribution in [0.3, 0.4) is 0 Å². The number of aliphatic carboxylic acids is 3. The van der Waals surface area contributed by atoms with E-state index in [1.54, 1.807) is 6.20 Å². The zero-order valence-corrected chi connectivity index (χ0v) is 14.1. The van der Waals surface area contributed by atoms with Crippen LogP contribution in [0.25, 0.3) is 0 Å². The molecule has 7 N–H and O–H groups in total. The fraction of sp³-hybridized carbons (Fsp3) is 0.429. The molecule has 27 heavy (non-hydrogen) atoms. The van der Waals surface area contributed by atoms with E-state index in [1.165, 1.54) is 6.33 Å². The summed E-state index contributed by atoms with van der Waals surface area (Å²) in [7, 11) is 0. The van der Waals surface area contributed by atoms with Crippen LogP contribution in [0.4, 0.5) is 0 Å². The number of aliphatic hydroxyl groups is 1. The summed E-state index contributed by atoms with van der Waals surface area (Å²) in [5, 5.41) is 33.8. The SMILES string of the molecule is CC(=O)OC(=O)[C@@H](N)Cc1cnc[nH]1.O=C(O)CC(O)(CC(=O)O)C(=O)O. The fourth-order valence-corrected chi connectivity index (χ4v) is 1.65. The lowest BCUT2D eigenvalue weighted by Crippen LogP contribution is -2.42. The summed E-state index contributed by atoms with van der Waals surface area (Å²) in [5.74, 6) is -6.41. The molecule has 13 heteroatoms. The summed E-state index contributed by atoms with van der Waals surface area (Å²) in [6.07, 6.45) is 1.02. The Kier molecular flexibility index (Phi) is 9.32. The Balaban J connectivity index is 0.000000503. The van der Waals surface area contributed by atoms with E-state index < -0.39 is 54.3 Å². The predicted octanol–water partition coefficient (Wildman–Crippen LogP) is -1.88. The van der Waals surface area contributed by atoms with Gasteiger partial charge in [0.2, 0.25) is 0 Å². The molecule has 0 aliphatic heterocycles. The van der Waals surface area contributed by atoms with Crippen molar-refractivity contribution in [3.05, 3.63) is 18.2 Å². The van der Waals surface area contributed by atoms with Crippen molar-refractivity contribution in [2.45, 2.75) is 37.8 Å². The molecule has 0 aliphatic rings. The Bertz CT molecular complexity index is 669. The molecule has 0 saturated heterocycles. The number of nitrogens with zero attached hydrogens (tertiary/aromatic N) is 1. The van der Waals surface area contributed by atoms with E-state index in [9.17, 15) is 24.0 Å². The van der Waals surface area contributed by atoms with Crippen molar-refractivity contribution in [2.75, 3.05) is 0 Å². The van der Waals surface area contributed by atoms with Gasteiger partial charge in [-0.05, 0) is 0 Å². The number of carbonyl (C=O) groups excluding carboxylic acids is 2. The molecule has 1 rings (SSSR count). The quantitative estimate of drug-likeness (QED) is 0.212. The van der Waals surface area contributed by atoms with Gasteiger partial charge in [0.15, 0.2) is 5.60 Å². The number of imidazole rings is 1. The van der Waals surface area contributed by atoms with Crippen LogP contribution in [0.15, 0.2) is 12.5 Å². The van der Waals surface area contributed by atoms with Crippen molar-refractivity contribution in [2.24, 2.45) is 5.73 Å². The van der Waals surface area contributed by atoms with Crippen LogP contribution in [0.2, 0.25) is 0 Å². The Hall–Kier alpha value is -3.32. The summed E-state index contributed by atoms with van der Waals surface area (Å²) < 4.78 is 4.32. The highest BCUT2D eigenvalue weighted by Gasteiger charge is 2.40. The third-order valence-corrected chi connectivity index (χ3v) is 2.83. The largest absolute Gasteiger partial charge is 0.481 e. The summed E-state index contributed by atoms with van der Waals surface area (Å²) in [5.41, 5.74) is 3.46. The summed E-state index contributed by atoms with van der Waals surface area (Å²) in [4.78, 5) is 58.6. The molecule has 0 aromatic carbocycles. The Morgan fingerprint density at radius 1 is 1.19 bits per heavy atom. The molecule has 1 aromatic heterocycles. The van der Waals surface area contributed by atoms with E-state index in [0.717, 1.165) is 12.6 Å². The van der Waals surface area contributed by atoms with Crippen molar-refractivity contribution in [1.82, 2.24) is 9.97 Å². The number of nitrogens with one attached hydrogen (secondary N) is 1. The maximum atomic E-state index is 11.1. The van der Waals surface area contributed by atoms with Crippen LogP contribution in [0.1, 0.15) is 25.5 Å². The lowest BCUT2D eigenvalue weighted by atomic mass is 9.96. The molecular formula is C14H19N3O10. The van der Waals surface area contributed by atoms with Crippen molar-refractivity contribution in [3.8, 4) is 0 Å². The number of nitrogens with two attached hydrogens (primary N) is 1. The smallest absolute Gasteiger partial charge is 0.336 e. The van der Waals surface area contributed by atoms with Crippen LogP contribution in [0, 0.1) is 0 Å². The minimum atomic E-state index is -2.74. The highest BCUT2D eigenvalue weighted by atomic mass is 16.6. The molecule has 0 fully saturated rings. The van der Waals surface area contributed by atoms with Gasteiger partial charge in [0, 0.05) is 25.2 Å². The average molecular weight is 389 g/mol. The predicted molar refractivity (Wildman–Crippen MR) is 84.1 cm³/mol. The second-order valence-electron chi connectivity index (χ2n) is 5.28. The molecule has 1 heterocycles. The first-order valence-corrected chi connectivity index (χ1v) is 7.22. The lowest BCUT2D eigenvalue weighted by molar-refractivity contribution is -0.170. The highest BCUT2D eigenvalue weighted by Crippen LogP contribution is 2.15. The van der Waals surface area contributed by atoms with Crippen molar-refractivity contribution in [1.29, 1.82) is 0 Å². The van der Waals surface area contributed by atoms with Gasteiger partial charge >= 0.3 is 29.8 Å². The van der Waals surface area contributed by atoms with E-state index >= 15 is 0 Å². The molecule has 0 radical (unpaired) electrons. The number of carboxylic acid groups (broad SMARTS) is 3. The standard InChI is InChI=1S/C8H11N3O3.C6H8O7/c1-5(12)14-8(13)7(9)2-6-3-10-4-11-6;7-3(8)1-6(13,5(11)12)2-4(9)10/h3-4,7H,2,9H2,1H3,(H,10,11);13H,1-2H2,(H,7,8)(H,9,10)(H,11,12)/t7-;/m0./s1. The van der Waals surface area contributed by atoms with Crippen molar-refractivity contribution >= 4 is 29.8 Å². The van der Waals surface area contributed by atoms with Gasteiger partial charge in [-0.3, -0.25) is 14.4 Å². The molecule has 1 atom stereocenters. The number of hydrogen-bond donors (Lipinski definition) is 6. The number of aromatic nitrogens is 2. The molecule has 0 unspecified atom stereocenters. The molecule has 0 bridgehead atoms. The van der Waals surface area contributed by atoms with Gasteiger partial charge in [0.05, 0.1) is 19.2 Å². The van der Waals surface area contributed by atoms with Gasteiger partial charge in [-0.25, -0.2) is 14.6 Å². The number of H-pyrrole nitrogens is 1. The molecule has 150 valence electrons. The molecule has 0 spiro atoms. The number of esters is 2. The minimum absolute atomic E-state index is 0.270. The molecule has 1 aromatic rings. The maximum Gasteiger partial charge on any atom is 0.336 e. The first-order chi connectivity index (χ1) is 12.4. The number of carbonyl (C=O) groups is 5. The Labute approximate surface area is 151 Å². The van der Waals surface area contributed by atoms with Crippen LogP contribution in [0.5, 0.6) is 0 Å². The summed E-state index contributed by atoms with van der Waals surface area (Å²) in [6.45, 7) is 1.15. The first kappa shape index (κ1) is 23.7. The maximum absolute atomic E-state index is 11.1. The number of carboxylic acids is 3. The van der Waals surface area contributed by atoms with Crippen LogP contribution >= 0.6 is 0 Å². The summed E-state index contributed by atoms with van der Waals surface area (Å²) in [6, 6.07) is -0.848. The van der Waals surface area contributed by atoms with Crippen molar-refractivity contribution < 1.29 is 49.1 Å². The number of ether oxygens (including phenoxy) is 1. The number of aromatic amines is 1. The van der Waals surface area contributed by atoms with Gasteiger partial charge in [-0.15, -0.1) is 0 Å². The van der Waals surface area contributed by atoms with E-state index in [-0.39, 0.29) is 6.42 Å². The third-order valence-electron chi connectivity index (χ3n) is 2.83. The van der Waals surface area contributed by atoms with Gasteiger partial charge in [-0.2, -0.15) is 0 Å². The van der Waals surface area contributed by atoms with E-state index in [1.807, 2.05) is 0 Å². The number of rotatable bonds is 8. The Morgan fingerprint density at radius 2 is 1.70 bits per heavy atom. The first-order valence-electron chi connectivity index (χ1n) is 7.22. The summed E-state index contributed by atoms with van der Waals surface area (Å²) >= 11 is 0. The van der Waals surface area contributed by atoms with Gasteiger partial charge < -0.3 is 35.9 Å². The van der Waals surface area contributed by atoms with Gasteiger partial charge in [-0.1, -0.05) is 0 Å². The Morgan fingerprint density at radius 3 is 2.04 bits per heavy atom. The normalized spacial score (nSPS) is 11.5. The minimum Gasteiger partial charge on any atom is -0.481 e. The zero-order valence-electron chi connectivity index (χ0n) is 14.1. The molecule has 0 aliphatic carbocycles.